The molecule has 1 aromatic carbocycles. The molecule has 2 N–H and O–H groups in total. The molecule has 1 fully saturated rings. The molecule has 1 saturated heterocycles. The summed E-state index contributed by atoms with van der Waals surface area (Å²) >= 11 is 6.03. The number of carbonyl (C=O) groups excluding carboxylic acids is 2. The zero-order valence-corrected chi connectivity index (χ0v) is 11.3. The van der Waals surface area contributed by atoms with E-state index in [2.05, 4.69) is 15.6 Å². The molecule has 20 heavy (non-hydrogen) atoms. The second-order valence-electron chi connectivity index (χ2n) is 4.69. The van der Waals surface area contributed by atoms with Crippen molar-refractivity contribution in [2.24, 2.45) is 0 Å². The highest BCUT2D eigenvalue weighted by Crippen LogP contribution is 2.24. The van der Waals surface area contributed by atoms with Gasteiger partial charge >= 0.3 is 0 Å². The van der Waals surface area contributed by atoms with E-state index in [1.165, 1.54) is 6.20 Å². The Bertz CT molecular complexity index is 702. The van der Waals surface area contributed by atoms with Crippen LogP contribution in [0.5, 0.6) is 0 Å². The van der Waals surface area contributed by atoms with Crippen LogP contribution in [0.1, 0.15) is 16.8 Å². The second-order valence-corrected chi connectivity index (χ2v) is 5.04. The molecule has 1 aliphatic rings. The third kappa shape index (κ3) is 2.32. The predicted octanol–water partition coefficient (Wildman–Crippen LogP) is 1.51. The average Bonchev–Trinajstić information content (AvgIpc) is 2.84. The van der Waals surface area contributed by atoms with Gasteiger partial charge in [-0.25, -0.2) is 4.98 Å². The third-order valence-corrected chi connectivity index (χ3v) is 3.60. The lowest BCUT2D eigenvalue weighted by Crippen LogP contribution is -2.36. The molecule has 1 aliphatic heterocycles. The molecular formula is C14H12ClN3O2. The van der Waals surface area contributed by atoms with Gasteiger partial charge in [-0.15, -0.1) is 0 Å². The van der Waals surface area contributed by atoms with Crippen LogP contribution >= 0.6 is 11.6 Å². The number of halogens is 1. The summed E-state index contributed by atoms with van der Waals surface area (Å²) in [4.78, 5) is 27.5. The lowest BCUT2D eigenvalue weighted by Gasteiger charge is -2.12. The molecule has 1 unspecified atom stereocenters. The summed E-state index contributed by atoms with van der Waals surface area (Å²) in [6.45, 7) is 0.462. The first kappa shape index (κ1) is 12.9. The van der Waals surface area contributed by atoms with Gasteiger partial charge in [0.2, 0.25) is 5.91 Å². The fraction of sp³-hybridized carbons (Fsp3) is 0.214. The van der Waals surface area contributed by atoms with Crippen LogP contribution in [0.25, 0.3) is 10.8 Å². The Hall–Kier alpha value is -2.14. The van der Waals surface area contributed by atoms with Crippen molar-refractivity contribution < 1.29 is 9.59 Å². The van der Waals surface area contributed by atoms with Gasteiger partial charge in [0, 0.05) is 24.5 Å². The smallest absolute Gasteiger partial charge is 0.253 e. The minimum absolute atomic E-state index is 0.0469. The minimum atomic E-state index is -0.244. The molecule has 0 spiro atoms. The van der Waals surface area contributed by atoms with Crippen molar-refractivity contribution in [2.45, 2.75) is 12.5 Å². The Balaban J connectivity index is 1.92. The molecule has 0 bridgehead atoms. The maximum absolute atomic E-state index is 12.3. The standard InChI is InChI=1S/C14H12ClN3O2/c15-13-10-4-2-1-3-9(10)11(7-17-13)14(20)18-8-5-12(19)16-6-8/h1-4,7-8H,5-6H2,(H,16,19)(H,18,20). The van der Waals surface area contributed by atoms with Crippen molar-refractivity contribution in [2.75, 3.05) is 6.54 Å². The van der Waals surface area contributed by atoms with Crippen molar-refractivity contribution >= 4 is 34.2 Å². The first-order chi connectivity index (χ1) is 9.65. The van der Waals surface area contributed by atoms with E-state index in [0.717, 1.165) is 10.8 Å². The van der Waals surface area contributed by atoms with Crippen LogP contribution in [0.2, 0.25) is 5.15 Å². The summed E-state index contributed by atoms with van der Waals surface area (Å²) in [5.41, 5.74) is 0.462. The van der Waals surface area contributed by atoms with E-state index < -0.39 is 0 Å². The zero-order chi connectivity index (χ0) is 14.1. The summed E-state index contributed by atoms with van der Waals surface area (Å²) in [6.07, 6.45) is 1.77. The number of nitrogens with one attached hydrogen (secondary N) is 2. The van der Waals surface area contributed by atoms with E-state index >= 15 is 0 Å². The number of amides is 2. The van der Waals surface area contributed by atoms with E-state index in [0.29, 0.717) is 23.7 Å². The number of rotatable bonds is 2. The van der Waals surface area contributed by atoms with Crippen LogP contribution in [0.4, 0.5) is 0 Å². The van der Waals surface area contributed by atoms with Crippen LogP contribution < -0.4 is 10.6 Å². The van der Waals surface area contributed by atoms with Crippen molar-refractivity contribution in [3.63, 3.8) is 0 Å². The monoisotopic (exact) mass is 289 g/mol. The Morgan fingerprint density at radius 2 is 2.10 bits per heavy atom. The van der Waals surface area contributed by atoms with Crippen molar-refractivity contribution in [1.82, 2.24) is 15.6 Å². The normalized spacial score (nSPS) is 18.1. The predicted molar refractivity (Wildman–Crippen MR) is 75.6 cm³/mol. The number of carbonyl (C=O) groups is 2. The number of hydrogen-bond donors (Lipinski definition) is 2. The van der Waals surface area contributed by atoms with Gasteiger partial charge < -0.3 is 10.6 Å². The summed E-state index contributed by atoms with van der Waals surface area (Å²) in [7, 11) is 0. The molecule has 0 radical (unpaired) electrons. The first-order valence-corrected chi connectivity index (χ1v) is 6.64. The van der Waals surface area contributed by atoms with E-state index in [-0.39, 0.29) is 17.9 Å². The van der Waals surface area contributed by atoms with Gasteiger partial charge in [-0.3, -0.25) is 9.59 Å². The highest BCUT2D eigenvalue weighted by molar-refractivity contribution is 6.34. The number of aromatic nitrogens is 1. The Kier molecular flexibility index (Phi) is 3.28. The maximum Gasteiger partial charge on any atom is 0.253 e. The number of hydrogen-bond acceptors (Lipinski definition) is 3. The van der Waals surface area contributed by atoms with Crippen molar-refractivity contribution in [3.8, 4) is 0 Å². The number of pyridine rings is 1. The number of nitrogens with zero attached hydrogens (tertiary/aromatic N) is 1. The van der Waals surface area contributed by atoms with Crippen LogP contribution in [0.3, 0.4) is 0 Å². The van der Waals surface area contributed by atoms with Gasteiger partial charge in [-0.2, -0.15) is 0 Å². The van der Waals surface area contributed by atoms with Crippen LogP contribution in [0, 0.1) is 0 Å². The van der Waals surface area contributed by atoms with Crippen LogP contribution in [0.15, 0.2) is 30.5 Å². The van der Waals surface area contributed by atoms with Gasteiger partial charge in [-0.1, -0.05) is 35.9 Å². The van der Waals surface area contributed by atoms with Crippen LogP contribution in [-0.4, -0.2) is 29.4 Å². The topological polar surface area (TPSA) is 71.1 Å². The Morgan fingerprint density at radius 1 is 1.35 bits per heavy atom. The molecule has 5 nitrogen and oxygen atoms in total. The summed E-state index contributed by atoms with van der Waals surface area (Å²) in [5, 5.41) is 7.37. The summed E-state index contributed by atoms with van der Waals surface area (Å²) < 4.78 is 0. The summed E-state index contributed by atoms with van der Waals surface area (Å²) in [6, 6.07) is 7.16. The molecule has 0 saturated carbocycles. The summed E-state index contributed by atoms with van der Waals surface area (Å²) in [5.74, 6) is -0.291. The molecule has 102 valence electrons. The van der Waals surface area contributed by atoms with Gasteiger partial charge in [0.15, 0.2) is 0 Å². The molecule has 1 atom stereocenters. The van der Waals surface area contributed by atoms with Gasteiger partial charge in [0.1, 0.15) is 5.15 Å². The molecule has 2 heterocycles. The van der Waals surface area contributed by atoms with E-state index in [1.54, 1.807) is 0 Å². The van der Waals surface area contributed by atoms with Crippen molar-refractivity contribution in [3.05, 3.63) is 41.2 Å². The molecule has 3 rings (SSSR count). The second kappa shape index (κ2) is 5.09. The highest BCUT2D eigenvalue weighted by atomic mass is 35.5. The highest BCUT2D eigenvalue weighted by Gasteiger charge is 2.24. The lowest BCUT2D eigenvalue weighted by molar-refractivity contribution is -0.119. The molecule has 2 aromatic rings. The number of fused-ring (bicyclic) bond motifs is 1. The van der Waals surface area contributed by atoms with Crippen LogP contribution in [-0.2, 0) is 4.79 Å². The van der Waals surface area contributed by atoms with E-state index in [4.69, 9.17) is 11.6 Å². The molecule has 2 amide bonds. The maximum atomic E-state index is 12.3. The average molecular weight is 290 g/mol. The molecule has 0 aliphatic carbocycles. The van der Waals surface area contributed by atoms with E-state index in [9.17, 15) is 9.59 Å². The lowest BCUT2D eigenvalue weighted by atomic mass is 10.1. The molecular weight excluding hydrogens is 278 g/mol. The van der Waals surface area contributed by atoms with Gasteiger partial charge in [0.05, 0.1) is 11.6 Å². The minimum Gasteiger partial charge on any atom is -0.354 e. The fourth-order valence-corrected chi connectivity index (χ4v) is 2.52. The molecule has 6 heteroatoms. The van der Waals surface area contributed by atoms with Crippen molar-refractivity contribution in [1.29, 1.82) is 0 Å². The van der Waals surface area contributed by atoms with Gasteiger partial charge in [0.25, 0.3) is 5.91 Å². The van der Waals surface area contributed by atoms with E-state index in [1.807, 2.05) is 24.3 Å². The largest absolute Gasteiger partial charge is 0.354 e. The fourth-order valence-electron chi connectivity index (χ4n) is 2.31. The Morgan fingerprint density at radius 3 is 2.80 bits per heavy atom. The first-order valence-electron chi connectivity index (χ1n) is 6.26. The SMILES string of the molecule is O=C1CC(NC(=O)c2cnc(Cl)c3ccccc23)CN1. The van der Waals surface area contributed by atoms with Gasteiger partial charge in [-0.05, 0) is 5.39 Å². The Labute approximate surface area is 120 Å². The zero-order valence-electron chi connectivity index (χ0n) is 10.5. The number of benzene rings is 1. The third-order valence-electron chi connectivity index (χ3n) is 3.30. The quantitative estimate of drug-likeness (QED) is 0.823. The molecule has 1 aromatic heterocycles.